The van der Waals surface area contributed by atoms with Gasteiger partial charge in [-0.25, -0.2) is 13.4 Å². The first-order valence-electron chi connectivity index (χ1n) is 4.43. The fourth-order valence-corrected chi connectivity index (χ4v) is 2.47. The summed E-state index contributed by atoms with van der Waals surface area (Å²) in [5.41, 5.74) is 0.391. The summed E-state index contributed by atoms with van der Waals surface area (Å²) in [7, 11) is -3.54. The molecular formula is C10H8ClNO3S. The fraction of sp³-hybridized carbons (Fsp3) is 0.100. The number of aliphatic imine (C=N–C) groups is 1. The Morgan fingerprint density at radius 2 is 2.00 bits per heavy atom. The molecule has 1 aliphatic rings. The van der Waals surface area contributed by atoms with Crippen LogP contribution in [0.25, 0.3) is 0 Å². The van der Waals surface area contributed by atoms with Crippen LogP contribution in [0.2, 0.25) is 5.02 Å². The summed E-state index contributed by atoms with van der Waals surface area (Å²) in [5, 5.41) is 1.06. The highest BCUT2D eigenvalue weighted by molar-refractivity contribution is 8.08. The zero-order valence-electron chi connectivity index (χ0n) is 8.34. The van der Waals surface area contributed by atoms with Gasteiger partial charge in [0, 0.05) is 0 Å². The molecule has 0 spiro atoms. The summed E-state index contributed by atoms with van der Waals surface area (Å²) in [4.78, 5) is 3.79. The lowest BCUT2D eigenvalue weighted by Gasteiger charge is -2.05. The minimum Gasteiger partial charge on any atom is -0.428 e. The van der Waals surface area contributed by atoms with Crippen LogP contribution in [0.4, 0.5) is 0 Å². The van der Waals surface area contributed by atoms with Gasteiger partial charge in [0.25, 0.3) is 9.84 Å². The largest absolute Gasteiger partial charge is 0.428 e. The first kappa shape index (κ1) is 11.2. The molecule has 0 aliphatic carbocycles. The number of benzene rings is 1. The number of ether oxygens (including phenoxy) is 1. The number of nitrogens with zero attached hydrogens (tertiary/aromatic N) is 1. The first-order chi connectivity index (χ1) is 7.49. The third kappa shape index (κ3) is 2.10. The molecule has 0 saturated carbocycles. The summed E-state index contributed by atoms with van der Waals surface area (Å²) >= 11 is 5.84. The van der Waals surface area contributed by atoms with Crippen LogP contribution in [-0.4, -0.2) is 13.6 Å². The molecule has 2 rings (SSSR count). The van der Waals surface area contributed by atoms with E-state index in [9.17, 15) is 8.42 Å². The molecule has 1 aromatic rings. The molecule has 0 amide bonds. The summed E-state index contributed by atoms with van der Waals surface area (Å²) in [6.07, 6.45) is 0. The number of allylic oxidation sites excluding steroid dienone is 1. The van der Waals surface area contributed by atoms with Gasteiger partial charge in [0.15, 0.2) is 0 Å². The van der Waals surface area contributed by atoms with Gasteiger partial charge in [-0.15, -0.1) is 0 Å². The zero-order valence-corrected chi connectivity index (χ0v) is 9.92. The predicted molar refractivity (Wildman–Crippen MR) is 62.2 cm³/mol. The molecule has 1 aliphatic heterocycles. The Balaban J connectivity index is 2.32. The molecule has 0 unspecified atom stereocenters. The third-order valence-corrected chi connectivity index (χ3v) is 3.50. The number of rotatable bonds is 1. The Hall–Kier alpha value is -1.33. The molecule has 1 aromatic carbocycles. The van der Waals surface area contributed by atoms with Crippen molar-refractivity contribution in [3.8, 4) is 5.75 Å². The van der Waals surface area contributed by atoms with Gasteiger partial charge in [-0.2, -0.15) is 0 Å². The van der Waals surface area contributed by atoms with Crippen molar-refractivity contribution < 1.29 is 13.2 Å². The number of sulfone groups is 1. The smallest absolute Gasteiger partial charge is 0.320 e. The van der Waals surface area contributed by atoms with Crippen LogP contribution in [0.15, 0.2) is 40.4 Å². The Bertz CT molecular complexity index is 590. The van der Waals surface area contributed by atoms with Gasteiger partial charge in [0.2, 0.25) is 0 Å². The van der Waals surface area contributed by atoms with Crippen molar-refractivity contribution in [3.63, 3.8) is 0 Å². The van der Waals surface area contributed by atoms with E-state index in [0.29, 0.717) is 10.7 Å². The van der Waals surface area contributed by atoms with E-state index in [-0.39, 0.29) is 11.0 Å². The van der Waals surface area contributed by atoms with Crippen LogP contribution in [0, 0.1) is 0 Å². The van der Waals surface area contributed by atoms with Crippen molar-refractivity contribution in [2.75, 3.05) is 0 Å². The van der Waals surface area contributed by atoms with Crippen molar-refractivity contribution >= 4 is 26.7 Å². The first-order valence-corrected chi connectivity index (χ1v) is 6.36. The van der Waals surface area contributed by atoms with Gasteiger partial charge < -0.3 is 4.74 Å². The molecule has 4 nitrogen and oxygen atoms in total. The Kier molecular flexibility index (Phi) is 2.73. The average Bonchev–Trinajstić information content (AvgIpc) is 2.43. The minimum atomic E-state index is -3.54. The lowest BCUT2D eigenvalue weighted by Crippen LogP contribution is -2.16. The maximum Gasteiger partial charge on any atom is 0.320 e. The maximum absolute atomic E-state index is 11.5. The van der Waals surface area contributed by atoms with Crippen LogP contribution in [0.3, 0.4) is 0 Å². The normalized spacial score (nSPS) is 17.9. The standard InChI is InChI=1S/C10H8ClNO3S/c1-7-6-16(13,14)10(12-7)15-9-5-3-2-4-8(9)11/h2-6H,1H3. The van der Waals surface area contributed by atoms with Crippen molar-refractivity contribution in [2.45, 2.75) is 6.92 Å². The molecular weight excluding hydrogens is 250 g/mol. The van der Waals surface area contributed by atoms with E-state index in [1.165, 1.54) is 0 Å². The molecule has 16 heavy (non-hydrogen) atoms. The van der Waals surface area contributed by atoms with Crippen molar-refractivity contribution in [2.24, 2.45) is 4.99 Å². The van der Waals surface area contributed by atoms with Gasteiger partial charge in [-0.1, -0.05) is 23.7 Å². The Morgan fingerprint density at radius 3 is 2.56 bits per heavy atom. The quantitative estimate of drug-likeness (QED) is 0.776. The molecule has 0 bridgehead atoms. The summed E-state index contributed by atoms with van der Waals surface area (Å²) in [6.45, 7) is 1.58. The topological polar surface area (TPSA) is 55.7 Å². The molecule has 84 valence electrons. The van der Waals surface area contributed by atoms with Crippen molar-refractivity contribution in [1.82, 2.24) is 0 Å². The van der Waals surface area contributed by atoms with Gasteiger partial charge >= 0.3 is 5.23 Å². The monoisotopic (exact) mass is 257 g/mol. The average molecular weight is 258 g/mol. The van der Waals surface area contributed by atoms with Crippen LogP contribution < -0.4 is 4.74 Å². The summed E-state index contributed by atoms with van der Waals surface area (Å²) in [6, 6.07) is 6.61. The number of para-hydroxylation sites is 1. The van der Waals surface area contributed by atoms with Crippen LogP contribution in [0.1, 0.15) is 6.92 Å². The number of hydrogen-bond donors (Lipinski definition) is 0. The lowest BCUT2D eigenvalue weighted by molar-refractivity contribution is 0.550. The van der Waals surface area contributed by atoms with E-state index in [4.69, 9.17) is 16.3 Å². The minimum absolute atomic E-state index is 0.273. The number of halogens is 1. The van der Waals surface area contributed by atoms with E-state index in [1.807, 2.05) is 0 Å². The molecule has 0 aromatic heterocycles. The van der Waals surface area contributed by atoms with E-state index in [2.05, 4.69) is 4.99 Å². The number of hydrogen-bond acceptors (Lipinski definition) is 4. The van der Waals surface area contributed by atoms with Crippen LogP contribution in [0.5, 0.6) is 5.75 Å². The second-order valence-corrected chi connectivity index (χ2v) is 5.30. The highest BCUT2D eigenvalue weighted by atomic mass is 35.5. The van der Waals surface area contributed by atoms with E-state index < -0.39 is 9.84 Å². The molecule has 6 heteroatoms. The second kappa shape index (κ2) is 3.92. The van der Waals surface area contributed by atoms with Gasteiger partial charge in [-0.3, -0.25) is 0 Å². The lowest BCUT2D eigenvalue weighted by atomic mass is 10.3. The highest BCUT2D eigenvalue weighted by Crippen LogP contribution is 2.26. The predicted octanol–water partition coefficient (Wildman–Crippen LogP) is 2.36. The van der Waals surface area contributed by atoms with Crippen molar-refractivity contribution in [1.29, 1.82) is 0 Å². The van der Waals surface area contributed by atoms with Gasteiger partial charge in [0.1, 0.15) is 5.75 Å². The molecule has 0 radical (unpaired) electrons. The fourth-order valence-electron chi connectivity index (χ4n) is 1.21. The van der Waals surface area contributed by atoms with Crippen LogP contribution in [-0.2, 0) is 9.84 Å². The summed E-state index contributed by atoms with van der Waals surface area (Å²) in [5.74, 6) is 0.273. The van der Waals surface area contributed by atoms with E-state index in [1.54, 1.807) is 31.2 Å². The molecule has 1 heterocycles. The second-order valence-electron chi connectivity index (χ2n) is 3.21. The Morgan fingerprint density at radius 1 is 1.31 bits per heavy atom. The zero-order chi connectivity index (χ0) is 11.8. The van der Waals surface area contributed by atoms with E-state index in [0.717, 1.165) is 5.41 Å². The molecule has 0 fully saturated rings. The maximum atomic E-state index is 11.5. The van der Waals surface area contributed by atoms with Gasteiger partial charge in [-0.05, 0) is 19.1 Å². The van der Waals surface area contributed by atoms with Gasteiger partial charge in [0.05, 0.1) is 16.1 Å². The molecule has 0 N–H and O–H groups in total. The molecule has 0 saturated heterocycles. The van der Waals surface area contributed by atoms with Crippen LogP contribution >= 0.6 is 11.6 Å². The SMILES string of the molecule is CC1=CS(=O)(=O)C(Oc2ccccc2Cl)=N1. The summed E-state index contributed by atoms with van der Waals surface area (Å²) < 4.78 is 28.2. The van der Waals surface area contributed by atoms with E-state index >= 15 is 0 Å². The molecule has 0 atom stereocenters. The van der Waals surface area contributed by atoms with Crippen molar-refractivity contribution in [3.05, 3.63) is 40.4 Å². The highest BCUT2D eigenvalue weighted by Gasteiger charge is 2.26. The third-order valence-electron chi connectivity index (χ3n) is 1.87. The Labute approximate surface area is 98.1 Å².